The molecule has 2 atom stereocenters. The van der Waals surface area contributed by atoms with E-state index in [1.807, 2.05) is 6.08 Å². The minimum atomic E-state index is -0.845. The second kappa shape index (κ2) is 55.7. The molecule has 0 saturated carbocycles. The topological polar surface area (TPSA) is 95.9 Å². The molecule has 3 N–H and O–H groups in total. The number of amides is 1. The van der Waals surface area contributed by atoms with Crippen LogP contribution < -0.4 is 5.32 Å². The molecular weight excluding hydrogens is 815 g/mol. The number of carbonyl (C=O) groups is 2. The molecule has 2 unspecified atom stereocenters. The molecule has 66 heavy (non-hydrogen) atoms. The van der Waals surface area contributed by atoms with Crippen LogP contribution in [-0.2, 0) is 14.3 Å². The lowest BCUT2D eigenvalue weighted by atomic mass is 10.0. The SMILES string of the molecule is CCCCC/C=C\C/C=C\CCCCCCCC(=O)OCCCCCCCCCCCCCCCCCCCCCCC(=O)NC(CO)C(O)/C=C/CCCCCCCCCCCCCC. The average Bonchev–Trinajstić information content (AvgIpc) is 3.32. The van der Waals surface area contributed by atoms with Crippen LogP contribution >= 0.6 is 0 Å². The highest BCUT2D eigenvalue weighted by atomic mass is 16.5. The number of allylic oxidation sites excluding steroid dienone is 5. The Labute approximate surface area is 411 Å². The van der Waals surface area contributed by atoms with Crippen LogP contribution in [0, 0.1) is 0 Å². The third kappa shape index (κ3) is 51.5. The molecule has 0 aliphatic carbocycles. The van der Waals surface area contributed by atoms with Crippen molar-refractivity contribution in [3.8, 4) is 0 Å². The van der Waals surface area contributed by atoms with E-state index in [0.29, 0.717) is 19.4 Å². The van der Waals surface area contributed by atoms with Gasteiger partial charge in [-0.2, -0.15) is 0 Å². The van der Waals surface area contributed by atoms with Gasteiger partial charge in [0.2, 0.25) is 5.91 Å². The van der Waals surface area contributed by atoms with Gasteiger partial charge in [-0.1, -0.05) is 269 Å². The minimum Gasteiger partial charge on any atom is -0.466 e. The Morgan fingerprint density at radius 3 is 1.18 bits per heavy atom. The number of aliphatic hydroxyl groups excluding tert-OH is 2. The molecule has 6 heteroatoms. The molecule has 0 aromatic heterocycles. The predicted octanol–water partition coefficient (Wildman–Crippen LogP) is 18.0. The van der Waals surface area contributed by atoms with Crippen molar-refractivity contribution < 1.29 is 24.5 Å². The van der Waals surface area contributed by atoms with E-state index in [2.05, 4.69) is 43.5 Å². The van der Waals surface area contributed by atoms with Gasteiger partial charge in [-0.05, 0) is 64.2 Å². The van der Waals surface area contributed by atoms with E-state index in [4.69, 9.17) is 4.74 Å². The molecule has 0 aromatic carbocycles. The zero-order valence-electron chi connectivity index (χ0n) is 44.2. The van der Waals surface area contributed by atoms with Gasteiger partial charge in [-0.15, -0.1) is 0 Å². The standard InChI is InChI=1S/C60H113NO5/c1-3-5-7-9-11-13-15-17-25-30-34-38-42-46-50-54-60(65)66-55-51-47-43-39-35-31-27-24-22-20-19-21-23-26-29-33-37-41-45-49-53-59(64)61-57(56-62)58(63)52-48-44-40-36-32-28-18-16-14-12-10-8-6-4-2/h11,13,17,25,48,52,57-58,62-63H,3-10,12,14-16,18-24,26-47,49-51,53-56H2,1-2H3,(H,61,64)/b13-11-,25-17-,52-48+. The fourth-order valence-electron chi connectivity index (χ4n) is 8.90. The first kappa shape index (κ1) is 64.1. The molecule has 0 saturated heterocycles. The van der Waals surface area contributed by atoms with Crippen molar-refractivity contribution in [1.82, 2.24) is 5.32 Å². The summed E-state index contributed by atoms with van der Waals surface area (Å²) >= 11 is 0. The number of aliphatic hydroxyl groups is 2. The van der Waals surface area contributed by atoms with Gasteiger partial charge in [0.1, 0.15) is 0 Å². The van der Waals surface area contributed by atoms with E-state index in [0.717, 1.165) is 51.4 Å². The van der Waals surface area contributed by atoms with E-state index in [-0.39, 0.29) is 18.5 Å². The van der Waals surface area contributed by atoms with Crippen molar-refractivity contribution in [3.05, 3.63) is 36.5 Å². The maximum absolute atomic E-state index is 12.4. The number of unbranched alkanes of at least 4 members (excludes halogenated alkanes) is 39. The van der Waals surface area contributed by atoms with Crippen molar-refractivity contribution in [1.29, 1.82) is 0 Å². The van der Waals surface area contributed by atoms with Crippen LogP contribution in [0.25, 0.3) is 0 Å². The van der Waals surface area contributed by atoms with Gasteiger partial charge in [0.15, 0.2) is 0 Å². The maximum Gasteiger partial charge on any atom is 0.305 e. The first-order valence-corrected chi connectivity index (χ1v) is 29.3. The summed E-state index contributed by atoms with van der Waals surface area (Å²) in [6.07, 6.45) is 68.8. The molecular formula is C60H113NO5. The number of esters is 1. The summed E-state index contributed by atoms with van der Waals surface area (Å²) in [6.45, 7) is 4.87. The molecule has 0 spiro atoms. The van der Waals surface area contributed by atoms with E-state index in [9.17, 15) is 19.8 Å². The molecule has 0 aliphatic heterocycles. The number of nitrogens with one attached hydrogen (secondary N) is 1. The van der Waals surface area contributed by atoms with Gasteiger partial charge in [0.25, 0.3) is 0 Å². The number of carbonyl (C=O) groups excluding carboxylic acids is 2. The van der Waals surface area contributed by atoms with Crippen LogP contribution in [0.4, 0.5) is 0 Å². The molecule has 0 rings (SSSR count). The van der Waals surface area contributed by atoms with Gasteiger partial charge in [-0.3, -0.25) is 9.59 Å². The Morgan fingerprint density at radius 2 is 0.758 bits per heavy atom. The van der Waals surface area contributed by atoms with Crippen LogP contribution in [-0.4, -0.2) is 47.4 Å². The molecule has 1 amide bonds. The summed E-state index contributed by atoms with van der Waals surface area (Å²) in [4.78, 5) is 24.5. The highest BCUT2D eigenvalue weighted by Crippen LogP contribution is 2.17. The molecule has 0 aliphatic rings. The summed E-state index contributed by atoms with van der Waals surface area (Å²) in [5.74, 6) is -0.0740. The zero-order chi connectivity index (χ0) is 47.9. The highest BCUT2D eigenvalue weighted by Gasteiger charge is 2.18. The van der Waals surface area contributed by atoms with Gasteiger partial charge in [0.05, 0.1) is 25.4 Å². The lowest BCUT2D eigenvalue weighted by Gasteiger charge is -2.20. The smallest absolute Gasteiger partial charge is 0.305 e. The summed E-state index contributed by atoms with van der Waals surface area (Å²) < 4.78 is 5.47. The summed E-state index contributed by atoms with van der Waals surface area (Å²) in [5.41, 5.74) is 0. The lowest BCUT2D eigenvalue weighted by molar-refractivity contribution is -0.143. The summed E-state index contributed by atoms with van der Waals surface area (Å²) in [7, 11) is 0. The van der Waals surface area contributed by atoms with Gasteiger partial charge >= 0.3 is 5.97 Å². The third-order valence-electron chi connectivity index (χ3n) is 13.4. The quantitative estimate of drug-likeness (QED) is 0.0321. The van der Waals surface area contributed by atoms with E-state index in [1.165, 1.54) is 231 Å². The first-order valence-electron chi connectivity index (χ1n) is 29.3. The first-order chi connectivity index (χ1) is 32.5. The van der Waals surface area contributed by atoms with Gasteiger partial charge < -0.3 is 20.3 Å². The van der Waals surface area contributed by atoms with Crippen molar-refractivity contribution in [2.75, 3.05) is 13.2 Å². The Morgan fingerprint density at radius 1 is 0.424 bits per heavy atom. The molecule has 0 bridgehead atoms. The second-order valence-electron chi connectivity index (χ2n) is 20.0. The van der Waals surface area contributed by atoms with Crippen LogP contribution in [0.3, 0.4) is 0 Å². The van der Waals surface area contributed by atoms with Crippen molar-refractivity contribution in [2.24, 2.45) is 0 Å². The van der Waals surface area contributed by atoms with Crippen molar-refractivity contribution in [2.45, 2.75) is 321 Å². The average molecular weight is 929 g/mol. The summed E-state index contributed by atoms with van der Waals surface area (Å²) in [5, 5.41) is 23.1. The fourth-order valence-corrected chi connectivity index (χ4v) is 8.90. The third-order valence-corrected chi connectivity index (χ3v) is 13.4. The minimum absolute atomic E-state index is 0.00428. The Hall–Kier alpha value is -1.92. The Bertz CT molecular complexity index is 1070. The van der Waals surface area contributed by atoms with E-state index >= 15 is 0 Å². The van der Waals surface area contributed by atoms with Crippen molar-refractivity contribution in [3.63, 3.8) is 0 Å². The van der Waals surface area contributed by atoms with Crippen LogP contribution in [0.15, 0.2) is 36.5 Å². The summed E-state index contributed by atoms with van der Waals surface area (Å²) in [6, 6.07) is -0.629. The van der Waals surface area contributed by atoms with Crippen molar-refractivity contribution >= 4 is 11.9 Å². The lowest BCUT2D eigenvalue weighted by Crippen LogP contribution is -2.45. The monoisotopic (exact) mass is 928 g/mol. The molecule has 6 nitrogen and oxygen atoms in total. The molecule has 0 fully saturated rings. The fraction of sp³-hybridized carbons (Fsp3) is 0.867. The number of hydrogen-bond acceptors (Lipinski definition) is 5. The second-order valence-corrected chi connectivity index (χ2v) is 20.0. The van der Waals surface area contributed by atoms with Gasteiger partial charge in [-0.25, -0.2) is 0 Å². The van der Waals surface area contributed by atoms with Crippen LogP contribution in [0.5, 0.6) is 0 Å². The normalized spacial score (nSPS) is 12.8. The van der Waals surface area contributed by atoms with E-state index in [1.54, 1.807) is 6.08 Å². The van der Waals surface area contributed by atoms with E-state index < -0.39 is 12.1 Å². The van der Waals surface area contributed by atoms with Crippen LogP contribution in [0.1, 0.15) is 309 Å². The zero-order valence-corrected chi connectivity index (χ0v) is 44.2. The predicted molar refractivity (Wildman–Crippen MR) is 287 cm³/mol. The maximum atomic E-state index is 12.4. The molecule has 0 heterocycles. The highest BCUT2D eigenvalue weighted by molar-refractivity contribution is 5.76. The van der Waals surface area contributed by atoms with Crippen LogP contribution in [0.2, 0.25) is 0 Å². The molecule has 0 radical (unpaired) electrons. The number of hydrogen-bond donors (Lipinski definition) is 3. The number of rotatable bonds is 54. The molecule has 0 aromatic rings. The Balaban J connectivity index is 3.42. The number of ether oxygens (including phenoxy) is 1. The molecule has 388 valence electrons. The van der Waals surface area contributed by atoms with Gasteiger partial charge in [0, 0.05) is 12.8 Å². The largest absolute Gasteiger partial charge is 0.466 e. The Kier molecular flexibility index (Phi) is 54.1.